The first-order chi connectivity index (χ1) is 12.7. The highest BCUT2D eigenvalue weighted by Gasteiger charge is 2.27. The Hall–Kier alpha value is -2.82. The molecule has 1 saturated heterocycles. The summed E-state index contributed by atoms with van der Waals surface area (Å²) in [5.74, 6) is 2.03. The van der Waals surface area contributed by atoms with Gasteiger partial charge in [0.05, 0.1) is 18.1 Å². The molecule has 1 aliphatic rings. The summed E-state index contributed by atoms with van der Waals surface area (Å²) in [5, 5.41) is 0. The fraction of sp³-hybridized carbons (Fsp3) is 0.333. The molecule has 5 heteroatoms. The Kier molecular flexibility index (Phi) is 4.37. The van der Waals surface area contributed by atoms with Gasteiger partial charge in [-0.25, -0.2) is 4.98 Å². The van der Waals surface area contributed by atoms with Gasteiger partial charge in [0.2, 0.25) is 0 Å². The molecule has 4 rings (SSSR count). The first-order valence-electron chi connectivity index (χ1n) is 9.04. The number of H-pyrrole nitrogens is 1. The van der Waals surface area contributed by atoms with Gasteiger partial charge in [-0.1, -0.05) is 18.2 Å². The number of hydrogen-bond acceptors (Lipinski definition) is 3. The predicted molar refractivity (Wildman–Crippen MR) is 102 cm³/mol. The van der Waals surface area contributed by atoms with Crippen molar-refractivity contribution < 1.29 is 9.53 Å². The number of amides is 1. The third-order valence-corrected chi connectivity index (χ3v) is 5.16. The molecule has 1 unspecified atom stereocenters. The molecule has 1 aliphatic heterocycles. The second kappa shape index (κ2) is 6.83. The standard InChI is InChI=1S/C21H23N3O2/c1-14-9-10-15(12-19(14)26-2)21(25)24-11-5-6-16(13-24)20-22-17-7-3-4-8-18(17)23-20/h3-4,7-10,12,16H,5-6,11,13H2,1-2H3,(H,22,23). The number of rotatable bonds is 3. The summed E-state index contributed by atoms with van der Waals surface area (Å²) < 4.78 is 5.36. The van der Waals surface area contributed by atoms with E-state index in [2.05, 4.69) is 4.98 Å². The summed E-state index contributed by atoms with van der Waals surface area (Å²) in [6.07, 6.45) is 2.03. The maximum Gasteiger partial charge on any atom is 0.254 e. The lowest BCUT2D eigenvalue weighted by Crippen LogP contribution is -2.39. The number of ether oxygens (including phenoxy) is 1. The lowest BCUT2D eigenvalue weighted by molar-refractivity contribution is 0.0704. The summed E-state index contributed by atoms with van der Waals surface area (Å²) in [5.41, 5.74) is 3.74. The Balaban J connectivity index is 1.55. The Labute approximate surface area is 153 Å². The highest BCUT2D eigenvalue weighted by atomic mass is 16.5. The summed E-state index contributed by atoms with van der Waals surface area (Å²) in [7, 11) is 1.63. The maximum absolute atomic E-state index is 13.0. The molecule has 1 aromatic heterocycles. The lowest BCUT2D eigenvalue weighted by Gasteiger charge is -2.32. The number of imidazole rings is 1. The van der Waals surface area contributed by atoms with Gasteiger partial charge in [-0.3, -0.25) is 4.79 Å². The van der Waals surface area contributed by atoms with E-state index in [9.17, 15) is 4.79 Å². The van der Waals surface area contributed by atoms with Gasteiger partial charge in [0.1, 0.15) is 11.6 Å². The third kappa shape index (κ3) is 3.05. The fourth-order valence-corrected chi connectivity index (χ4v) is 3.69. The molecule has 134 valence electrons. The van der Waals surface area contributed by atoms with Crippen LogP contribution in [0.1, 0.15) is 40.5 Å². The summed E-state index contributed by atoms with van der Waals surface area (Å²) in [6.45, 7) is 3.45. The molecule has 0 bridgehead atoms. The number of fused-ring (bicyclic) bond motifs is 1. The summed E-state index contributed by atoms with van der Waals surface area (Å²) >= 11 is 0. The molecule has 5 nitrogen and oxygen atoms in total. The number of para-hydroxylation sites is 2. The number of piperidine rings is 1. The van der Waals surface area contributed by atoms with Crippen LogP contribution in [0, 0.1) is 6.92 Å². The van der Waals surface area contributed by atoms with Crippen molar-refractivity contribution in [2.45, 2.75) is 25.7 Å². The van der Waals surface area contributed by atoms with Crippen molar-refractivity contribution in [2.75, 3.05) is 20.2 Å². The topological polar surface area (TPSA) is 58.2 Å². The van der Waals surface area contributed by atoms with Gasteiger partial charge in [-0.2, -0.15) is 0 Å². The Bertz CT molecular complexity index is 914. The largest absolute Gasteiger partial charge is 0.496 e. The van der Waals surface area contributed by atoms with Crippen LogP contribution in [0.4, 0.5) is 0 Å². The second-order valence-electron chi connectivity index (χ2n) is 6.91. The summed E-state index contributed by atoms with van der Waals surface area (Å²) in [4.78, 5) is 23.1. The van der Waals surface area contributed by atoms with Crippen LogP contribution in [-0.2, 0) is 0 Å². The minimum absolute atomic E-state index is 0.0594. The van der Waals surface area contributed by atoms with Crippen LogP contribution in [-0.4, -0.2) is 41.0 Å². The zero-order valence-corrected chi connectivity index (χ0v) is 15.2. The van der Waals surface area contributed by atoms with Crippen LogP contribution in [0.3, 0.4) is 0 Å². The van der Waals surface area contributed by atoms with Gasteiger partial charge in [0.25, 0.3) is 5.91 Å². The average molecular weight is 349 g/mol. The quantitative estimate of drug-likeness (QED) is 0.780. The van der Waals surface area contributed by atoms with Gasteiger partial charge < -0.3 is 14.6 Å². The molecule has 0 saturated carbocycles. The van der Waals surface area contributed by atoms with Crippen LogP contribution in [0.25, 0.3) is 11.0 Å². The molecule has 3 aromatic rings. The molecule has 26 heavy (non-hydrogen) atoms. The smallest absolute Gasteiger partial charge is 0.254 e. The minimum atomic E-state index is 0.0594. The van der Waals surface area contributed by atoms with Crippen molar-refractivity contribution in [3.63, 3.8) is 0 Å². The number of aromatic nitrogens is 2. The van der Waals surface area contributed by atoms with Crippen LogP contribution in [0.15, 0.2) is 42.5 Å². The molecule has 2 aromatic carbocycles. The molecule has 1 amide bonds. The molecular formula is C21H23N3O2. The molecule has 2 heterocycles. The minimum Gasteiger partial charge on any atom is -0.496 e. The number of methoxy groups -OCH3 is 1. The Morgan fingerprint density at radius 1 is 1.27 bits per heavy atom. The van der Waals surface area contributed by atoms with Crippen molar-refractivity contribution >= 4 is 16.9 Å². The monoisotopic (exact) mass is 349 g/mol. The van der Waals surface area contributed by atoms with Gasteiger partial charge in [0, 0.05) is 24.6 Å². The van der Waals surface area contributed by atoms with E-state index in [-0.39, 0.29) is 11.8 Å². The van der Waals surface area contributed by atoms with Crippen LogP contribution in [0.5, 0.6) is 5.75 Å². The van der Waals surface area contributed by atoms with Crippen LogP contribution < -0.4 is 4.74 Å². The number of benzene rings is 2. The molecule has 0 aliphatic carbocycles. The number of hydrogen-bond donors (Lipinski definition) is 1. The Morgan fingerprint density at radius 2 is 2.12 bits per heavy atom. The number of carbonyl (C=O) groups excluding carboxylic acids is 1. The van der Waals surface area contributed by atoms with Crippen molar-refractivity contribution in [3.05, 3.63) is 59.4 Å². The van der Waals surface area contributed by atoms with E-state index in [1.807, 2.05) is 54.3 Å². The van der Waals surface area contributed by atoms with Gasteiger partial charge >= 0.3 is 0 Å². The van der Waals surface area contributed by atoms with Crippen LogP contribution >= 0.6 is 0 Å². The number of nitrogens with one attached hydrogen (secondary N) is 1. The molecule has 1 N–H and O–H groups in total. The zero-order chi connectivity index (χ0) is 18.1. The zero-order valence-electron chi connectivity index (χ0n) is 15.2. The van der Waals surface area contributed by atoms with E-state index < -0.39 is 0 Å². The van der Waals surface area contributed by atoms with Gasteiger partial charge in [0.15, 0.2) is 0 Å². The normalized spacial score (nSPS) is 17.5. The molecular weight excluding hydrogens is 326 g/mol. The van der Waals surface area contributed by atoms with Crippen molar-refractivity contribution in [1.82, 2.24) is 14.9 Å². The molecule has 1 fully saturated rings. The Morgan fingerprint density at radius 3 is 2.92 bits per heavy atom. The first-order valence-corrected chi connectivity index (χ1v) is 9.04. The first kappa shape index (κ1) is 16.6. The maximum atomic E-state index is 13.0. The van der Waals surface area contributed by atoms with Crippen molar-refractivity contribution in [3.8, 4) is 5.75 Å². The molecule has 0 radical (unpaired) electrons. The second-order valence-corrected chi connectivity index (χ2v) is 6.91. The van der Waals surface area contributed by atoms with E-state index in [4.69, 9.17) is 9.72 Å². The molecule has 0 spiro atoms. The number of aromatic amines is 1. The van der Waals surface area contributed by atoms with Gasteiger partial charge in [-0.05, 0) is 49.6 Å². The van der Waals surface area contributed by atoms with E-state index in [0.717, 1.165) is 47.6 Å². The lowest BCUT2D eigenvalue weighted by atomic mass is 9.96. The van der Waals surface area contributed by atoms with Gasteiger partial charge in [-0.15, -0.1) is 0 Å². The SMILES string of the molecule is COc1cc(C(=O)N2CCCC(c3nc4ccccc4[nH]3)C2)ccc1C. The van der Waals surface area contributed by atoms with E-state index in [1.165, 1.54) is 0 Å². The number of likely N-dealkylation sites (tertiary alicyclic amines) is 1. The number of carbonyl (C=O) groups is 1. The number of nitrogens with zero attached hydrogens (tertiary/aromatic N) is 2. The van der Waals surface area contributed by atoms with Crippen LogP contribution in [0.2, 0.25) is 0 Å². The van der Waals surface area contributed by atoms with E-state index in [0.29, 0.717) is 12.1 Å². The highest BCUT2D eigenvalue weighted by Crippen LogP contribution is 2.28. The predicted octanol–water partition coefficient (Wildman–Crippen LogP) is 3.90. The fourth-order valence-electron chi connectivity index (χ4n) is 3.69. The third-order valence-electron chi connectivity index (χ3n) is 5.16. The van der Waals surface area contributed by atoms with E-state index >= 15 is 0 Å². The highest BCUT2D eigenvalue weighted by molar-refractivity contribution is 5.95. The van der Waals surface area contributed by atoms with E-state index in [1.54, 1.807) is 7.11 Å². The van der Waals surface area contributed by atoms with Crippen molar-refractivity contribution in [2.24, 2.45) is 0 Å². The van der Waals surface area contributed by atoms with Crippen molar-refractivity contribution in [1.29, 1.82) is 0 Å². The average Bonchev–Trinajstić information content (AvgIpc) is 3.12. The molecule has 1 atom stereocenters. The number of aryl methyl sites for hydroxylation is 1. The summed E-state index contributed by atoms with van der Waals surface area (Å²) in [6, 6.07) is 13.7.